The molecule has 37 heavy (non-hydrogen) atoms. The molecule has 0 fully saturated rings. The van der Waals surface area contributed by atoms with Crippen LogP contribution in [-0.4, -0.2) is 40.6 Å². The van der Waals surface area contributed by atoms with E-state index in [1.165, 1.54) is 96.3 Å². The highest BCUT2D eigenvalue weighted by Gasteiger charge is 2.25. The Morgan fingerprint density at radius 3 is 1.70 bits per heavy atom. The van der Waals surface area contributed by atoms with Gasteiger partial charge in [-0.05, 0) is 12.0 Å². The molecular formula is C30H54BO5P. The predicted octanol–water partition coefficient (Wildman–Crippen LogP) is 9.25. The molecule has 1 atom stereocenters. The van der Waals surface area contributed by atoms with Crippen molar-refractivity contribution in [2.24, 2.45) is 0 Å². The highest BCUT2D eigenvalue weighted by Crippen LogP contribution is 2.48. The van der Waals surface area contributed by atoms with Gasteiger partial charge in [-0.15, -0.1) is 0 Å². The SMILES string of the molecule is [B]CCOCP(=O)(OCCOCCCCCCCCCCCCCCCCCC)OCc1ccccc1. The van der Waals surface area contributed by atoms with Crippen molar-refractivity contribution < 1.29 is 23.1 Å². The third-order valence-electron chi connectivity index (χ3n) is 6.44. The van der Waals surface area contributed by atoms with Crippen LogP contribution in [0, 0.1) is 0 Å². The Kier molecular flexibility index (Phi) is 23.8. The molecule has 1 rings (SSSR count). The average molecular weight is 537 g/mol. The minimum Gasteiger partial charge on any atom is -0.379 e. The fraction of sp³-hybridized carbons (Fsp3) is 0.800. The molecule has 0 aromatic heterocycles. The third-order valence-corrected chi connectivity index (χ3v) is 8.04. The lowest BCUT2D eigenvalue weighted by atomic mass is 10.0. The summed E-state index contributed by atoms with van der Waals surface area (Å²) in [5.74, 6) is 0. The van der Waals surface area contributed by atoms with Gasteiger partial charge in [0.25, 0.3) is 0 Å². The number of rotatable bonds is 28. The summed E-state index contributed by atoms with van der Waals surface area (Å²) in [6.07, 6.45) is 22.0. The molecule has 2 radical (unpaired) electrons. The van der Waals surface area contributed by atoms with Gasteiger partial charge in [-0.1, -0.05) is 140 Å². The summed E-state index contributed by atoms with van der Waals surface area (Å²) in [6.45, 7) is 4.14. The maximum Gasteiger partial charge on any atom is 0.356 e. The molecule has 0 aliphatic carbocycles. The van der Waals surface area contributed by atoms with E-state index in [1.54, 1.807) is 0 Å². The van der Waals surface area contributed by atoms with Crippen molar-refractivity contribution in [3.05, 3.63) is 35.9 Å². The van der Waals surface area contributed by atoms with Crippen molar-refractivity contribution in [2.45, 2.75) is 123 Å². The summed E-state index contributed by atoms with van der Waals surface area (Å²) >= 11 is 0. The van der Waals surface area contributed by atoms with Crippen LogP contribution in [0.1, 0.15) is 115 Å². The molecule has 0 saturated carbocycles. The Morgan fingerprint density at radius 1 is 0.622 bits per heavy atom. The zero-order chi connectivity index (χ0) is 26.7. The molecule has 0 N–H and O–H groups in total. The first kappa shape index (κ1) is 34.4. The minimum atomic E-state index is -3.37. The molecule has 0 amide bonds. The highest BCUT2D eigenvalue weighted by atomic mass is 31.2. The van der Waals surface area contributed by atoms with Crippen LogP contribution in [0.5, 0.6) is 0 Å². The molecule has 0 aliphatic heterocycles. The van der Waals surface area contributed by atoms with Gasteiger partial charge in [-0.25, -0.2) is 0 Å². The molecular weight excluding hydrogens is 482 g/mol. The third kappa shape index (κ3) is 21.9. The standard InChI is InChI=1S/C30H54BO5P/c1-2-3-4-5-6-7-8-9-10-11-12-13-14-15-16-20-24-33-26-27-35-37(32,29-34-25-23-31)36-28-30-21-18-17-19-22-30/h17-19,21-22H,2-16,20,23-29H2,1H3. The van der Waals surface area contributed by atoms with Gasteiger partial charge in [0, 0.05) is 13.2 Å². The molecule has 212 valence electrons. The first-order valence-electron chi connectivity index (χ1n) is 15.0. The van der Waals surface area contributed by atoms with E-state index in [9.17, 15) is 4.57 Å². The van der Waals surface area contributed by atoms with Crippen molar-refractivity contribution >= 4 is 15.4 Å². The monoisotopic (exact) mass is 536 g/mol. The maximum absolute atomic E-state index is 13.0. The summed E-state index contributed by atoms with van der Waals surface area (Å²) < 4.78 is 35.2. The number of unbranched alkanes of at least 4 members (excludes halogenated alkanes) is 15. The predicted molar refractivity (Wildman–Crippen MR) is 157 cm³/mol. The van der Waals surface area contributed by atoms with Crippen molar-refractivity contribution in [3.63, 3.8) is 0 Å². The van der Waals surface area contributed by atoms with Crippen molar-refractivity contribution in [3.8, 4) is 0 Å². The lowest BCUT2D eigenvalue weighted by molar-refractivity contribution is 0.0777. The van der Waals surface area contributed by atoms with E-state index >= 15 is 0 Å². The number of ether oxygens (including phenoxy) is 2. The summed E-state index contributed by atoms with van der Waals surface area (Å²) in [7, 11) is 2.10. The summed E-state index contributed by atoms with van der Waals surface area (Å²) in [6, 6.07) is 9.61. The molecule has 0 heterocycles. The summed E-state index contributed by atoms with van der Waals surface area (Å²) in [5, 5.41) is 0. The molecule has 1 aromatic carbocycles. The lowest BCUT2D eigenvalue weighted by Gasteiger charge is -2.19. The summed E-state index contributed by atoms with van der Waals surface area (Å²) in [4.78, 5) is 0. The average Bonchev–Trinajstić information content (AvgIpc) is 2.92. The largest absolute Gasteiger partial charge is 0.379 e. The fourth-order valence-electron chi connectivity index (χ4n) is 4.21. The van der Waals surface area contributed by atoms with Gasteiger partial charge in [-0.3, -0.25) is 4.57 Å². The van der Waals surface area contributed by atoms with Gasteiger partial charge in [0.05, 0.1) is 27.7 Å². The second-order valence-electron chi connectivity index (χ2n) is 9.94. The quantitative estimate of drug-likeness (QED) is 0.0607. The number of benzene rings is 1. The van der Waals surface area contributed by atoms with E-state index < -0.39 is 7.60 Å². The number of hydrogen-bond donors (Lipinski definition) is 0. The van der Waals surface area contributed by atoms with Crippen LogP contribution in [-0.2, 0) is 29.7 Å². The van der Waals surface area contributed by atoms with Crippen molar-refractivity contribution in [1.82, 2.24) is 0 Å². The maximum atomic E-state index is 13.0. The van der Waals surface area contributed by atoms with E-state index in [0.717, 1.165) is 12.0 Å². The van der Waals surface area contributed by atoms with Crippen molar-refractivity contribution in [2.75, 3.05) is 32.8 Å². The summed E-state index contributed by atoms with van der Waals surface area (Å²) in [5.41, 5.74) is 0.935. The Hall–Kier alpha value is -0.645. The van der Waals surface area contributed by atoms with Gasteiger partial charge in [-0.2, -0.15) is 0 Å². The van der Waals surface area contributed by atoms with Gasteiger partial charge in [0.1, 0.15) is 6.35 Å². The Morgan fingerprint density at radius 2 is 1.16 bits per heavy atom. The normalized spacial score (nSPS) is 13.1. The molecule has 1 aromatic rings. The molecule has 7 heteroatoms. The zero-order valence-corrected chi connectivity index (χ0v) is 24.6. The van der Waals surface area contributed by atoms with E-state index in [0.29, 0.717) is 26.1 Å². The van der Waals surface area contributed by atoms with E-state index in [2.05, 4.69) is 6.92 Å². The van der Waals surface area contributed by atoms with Crippen LogP contribution in [0.2, 0.25) is 6.32 Å². The second kappa shape index (κ2) is 25.6. The lowest BCUT2D eigenvalue weighted by Crippen LogP contribution is -2.09. The number of hydrogen-bond acceptors (Lipinski definition) is 5. The Bertz CT molecular complexity index is 646. The second-order valence-corrected chi connectivity index (χ2v) is 11.9. The van der Waals surface area contributed by atoms with Crippen LogP contribution < -0.4 is 0 Å². The molecule has 0 saturated heterocycles. The van der Waals surface area contributed by atoms with Crippen molar-refractivity contribution in [1.29, 1.82) is 0 Å². The first-order valence-corrected chi connectivity index (χ1v) is 16.7. The van der Waals surface area contributed by atoms with Crippen LogP contribution in [0.25, 0.3) is 0 Å². The molecule has 5 nitrogen and oxygen atoms in total. The highest BCUT2D eigenvalue weighted by molar-refractivity contribution is 7.53. The molecule has 0 bridgehead atoms. The van der Waals surface area contributed by atoms with Gasteiger partial charge >= 0.3 is 7.60 Å². The van der Waals surface area contributed by atoms with Gasteiger partial charge < -0.3 is 18.5 Å². The first-order chi connectivity index (χ1) is 18.2. The fourth-order valence-corrected chi connectivity index (χ4v) is 5.48. The van der Waals surface area contributed by atoms with E-state index in [4.69, 9.17) is 26.4 Å². The van der Waals surface area contributed by atoms with E-state index in [-0.39, 0.29) is 19.6 Å². The van der Waals surface area contributed by atoms with Gasteiger partial charge in [0.15, 0.2) is 0 Å². The van der Waals surface area contributed by atoms with Crippen LogP contribution in [0.4, 0.5) is 0 Å². The van der Waals surface area contributed by atoms with Crippen LogP contribution in [0.15, 0.2) is 30.3 Å². The topological polar surface area (TPSA) is 54.0 Å². The molecule has 0 aliphatic rings. The van der Waals surface area contributed by atoms with Crippen LogP contribution in [0.3, 0.4) is 0 Å². The minimum absolute atomic E-state index is 0.101. The zero-order valence-electron chi connectivity index (χ0n) is 23.7. The van der Waals surface area contributed by atoms with Gasteiger partial charge in [0.2, 0.25) is 0 Å². The molecule has 1 unspecified atom stereocenters. The smallest absolute Gasteiger partial charge is 0.356 e. The Labute approximate surface area is 229 Å². The molecule has 0 spiro atoms. The van der Waals surface area contributed by atoms with E-state index in [1.807, 2.05) is 30.3 Å². The Balaban J connectivity index is 1.94. The van der Waals surface area contributed by atoms with Crippen LogP contribution >= 0.6 is 7.60 Å².